The lowest BCUT2D eigenvalue weighted by Crippen LogP contribution is -2.22. The SMILES string of the molecule is NC(=O)CNc1cc(C2CCOC2)ncn1. The summed E-state index contributed by atoms with van der Waals surface area (Å²) in [5.41, 5.74) is 5.98. The summed E-state index contributed by atoms with van der Waals surface area (Å²) in [6.07, 6.45) is 2.46. The normalized spacial score (nSPS) is 19.6. The number of rotatable bonds is 4. The van der Waals surface area contributed by atoms with Crippen LogP contribution >= 0.6 is 0 Å². The number of carbonyl (C=O) groups excluding carboxylic acids is 1. The molecule has 1 aromatic heterocycles. The minimum Gasteiger partial charge on any atom is -0.381 e. The van der Waals surface area contributed by atoms with Gasteiger partial charge < -0.3 is 15.8 Å². The molecular formula is C10H14N4O2. The average molecular weight is 222 g/mol. The van der Waals surface area contributed by atoms with E-state index >= 15 is 0 Å². The van der Waals surface area contributed by atoms with Crippen LogP contribution in [0.25, 0.3) is 0 Å². The van der Waals surface area contributed by atoms with Gasteiger partial charge in [0.15, 0.2) is 0 Å². The molecule has 1 aliphatic heterocycles. The third kappa shape index (κ3) is 2.66. The Hall–Kier alpha value is -1.69. The lowest BCUT2D eigenvalue weighted by atomic mass is 10.1. The number of anilines is 1. The molecule has 1 fully saturated rings. The van der Waals surface area contributed by atoms with Gasteiger partial charge in [-0.15, -0.1) is 0 Å². The van der Waals surface area contributed by atoms with E-state index in [2.05, 4.69) is 15.3 Å². The summed E-state index contributed by atoms with van der Waals surface area (Å²) >= 11 is 0. The number of nitrogens with one attached hydrogen (secondary N) is 1. The van der Waals surface area contributed by atoms with Gasteiger partial charge in [0.05, 0.1) is 18.8 Å². The molecule has 0 radical (unpaired) electrons. The maximum Gasteiger partial charge on any atom is 0.236 e. The predicted molar refractivity (Wildman–Crippen MR) is 57.9 cm³/mol. The molecule has 6 heteroatoms. The summed E-state index contributed by atoms with van der Waals surface area (Å²) in [5, 5.41) is 2.84. The van der Waals surface area contributed by atoms with Crippen molar-refractivity contribution >= 4 is 11.7 Å². The Morgan fingerprint density at radius 1 is 1.62 bits per heavy atom. The van der Waals surface area contributed by atoms with E-state index in [-0.39, 0.29) is 6.54 Å². The second-order valence-corrected chi connectivity index (χ2v) is 3.71. The van der Waals surface area contributed by atoms with Crippen molar-refractivity contribution < 1.29 is 9.53 Å². The Balaban J connectivity index is 2.03. The van der Waals surface area contributed by atoms with Gasteiger partial charge in [0.2, 0.25) is 5.91 Å². The number of hydrogen-bond acceptors (Lipinski definition) is 5. The van der Waals surface area contributed by atoms with Gasteiger partial charge in [-0.05, 0) is 6.42 Å². The van der Waals surface area contributed by atoms with Gasteiger partial charge >= 0.3 is 0 Å². The van der Waals surface area contributed by atoms with Crippen molar-refractivity contribution in [3.05, 3.63) is 18.1 Å². The summed E-state index contributed by atoms with van der Waals surface area (Å²) in [7, 11) is 0. The lowest BCUT2D eigenvalue weighted by molar-refractivity contribution is -0.116. The lowest BCUT2D eigenvalue weighted by Gasteiger charge is -2.08. The first-order valence-electron chi connectivity index (χ1n) is 5.17. The molecule has 1 aromatic rings. The van der Waals surface area contributed by atoms with E-state index in [1.165, 1.54) is 6.33 Å². The highest BCUT2D eigenvalue weighted by atomic mass is 16.5. The molecule has 2 rings (SSSR count). The van der Waals surface area contributed by atoms with E-state index in [4.69, 9.17) is 10.5 Å². The van der Waals surface area contributed by atoms with E-state index in [1.54, 1.807) is 0 Å². The highest BCUT2D eigenvalue weighted by Crippen LogP contribution is 2.24. The molecule has 0 aromatic carbocycles. The Morgan fingerprint density at radius 2 is 2.50 bits per heavy atom. The molecule has 3 N–H and O–H groups in total. The van der Waals surface area contributed by atoms with Crippen molar-refractivity contribution in [1.29, 1.82) is 0 Å². The summed E-state index contributed by atoms with van der Waals surface area (Å²) in [6, 6.07) is 1.84. The predicted octanol–water partition coefficient (Wildman–Crippen LogP) is -0.122. The Bertz CT molecular complexity index is 377. The van der Waals surface area contributed by atoms with E-state index in [0.29, 0.717) is 18.3 Å². The Labute approximate surface area is 93.2 Å². The fourth-order valence-electron chi connectivity index (χ4n) is 1.64. The van der Waals surface area contributed by atoms with Gasteiger partial charge in [-0.2, -0.15) is 0 Å². The zero-order valence-electron chi connectivity index (χ0n) is 8.85. The van der Waals surface area contributed by atoms with Crippen molar-refractivity contribution in [1.82, 2.24) is 9.97 Å². The van der Waals surface area contributed by atoms with Crippen LogP contribution in [0.1, 0.15) is 18.0 Å². The number of carbonyl (C=O) groups is 1. The molecule has 2 heterocycles. The van der Waals surface area contributed by atoms with Crippen LogP contribution in [0.4, 0.5) is 5.82 Å². The number of nitrogens with zero attached hydrogens (tertiary/aromatic N) is 2. The van der Waals surface area contributed by atoms with Crippen molar-refractivity contribution in [3.8, 4) is 0 Å². The van der Waals surface area contributed by atoms with Crippen LogP contribution in [0, 0.1) is 0 Å². The summed E-state index contributed by atoms with van der Waals surface area (Å²) in [5.74, 6) is 0.539. The molecular weight excluding hydrogens is 208 g/mol. The highest BCUT2D eigenvalue weighted by Gasteiger charge is 2.19. The largest absolute Gasteiger partial charge is 0.381 e. The van der Waals surface area contributed by atoms with Crippen LogP contribution in [-0.2, 0) is 9.53 Å². The number of nitrogens with two attached hydrogens (primary N) is 1. The van der Waals surface area contributed by atoms with Gasteiger partial charge in [0, 0.05) is 18.6 Å². The molecule has 16 heavy (non-hydrogen) atoms. The third-order valence-electron chi connectivity index (χ3n) is 2.48. The molecule has 0 aliphatic carbocycles. The van der Waals surface area contributed by atoms with Gasteiger partial charge in [-0.1, -0.05) is 0 Å². The van der Waals surface area contributed by atoms with Gasteiger partial charge in [0.1, 0.15) is 12.1 Å². The molecule has 6 nitrogen and oxygen atoms in total. The van der Waals surface area contributed by atoms with E-state index in [9.17, 15) is 4.79 Å². The monoisotopic (exact) mass is 222 g/mol. The Morgan fingerprint density at radius 3 is 3.19 bits per heavy atom. The quantitative estimate of drug-likeness (QED) is 0.741. The zero-order chi connectivity index (χ0) is 11.4. The molecule has 1 aliphatic rings. The molecule has 1 atom stereocenters. The average Bonchev–Trinajstić information content (AvgIpc) is 2.80. The van der Waals surface area contributed by atoms with Crippen molar-refractivity contribution in [2.45, 2.75) is 12.3 Å². The van der Waals surface area contributed by atoms with Crippen LogP contribution in [0.5, 0.6) is 0 Å². The minimum atomic E-state index is -0.413. The fourth-order valence-corrected chi connectivity index (χ4v) is 1.64. The topological polar surface area (TPSA) is 90.1 Å². The van der Waals surface area contributed by atoms with Crippen LogP contribution < -0.4 is 11.1 Å². The molecule has 0 bridgehead atoms. The first-order chi connectivity index (χ1) is 7.75. The van der Waals surface area contributed by atoms with Gasteiger partial charge in [0.25, 0.3) is 0 Å². The molecule has 1 saturated heterocycles. The molecule has 0 spiro atoms. The van der Waals surface area contributed by atoms with E-state index < -0.39 is 5.91 Å². The number of ether oxygens (including phenoxy) is 1. The molecule has 1 unspecified atom stereocenters. The van der Waals surface area contributed by atoms with Crippen LogP contribution in [-0.4, -0.2) is 35.6 Å². The van der Waals surface area contributed by atoms with Crippen LogP contribution in [0.3, 0.4) is 0 Å². The summed E-state index contributed by atoms with van der Waals surface area (Å²) in [6.45, 7) is 1.56. The number of aromatic nitrogens is 2. The van der Waals surface area contributed by atoms with E-state index in [0.717, 1.165) is 18.7 Å². The second-order valence-electron chi connectivity index (χ2n) is 3.71. The van der Waals surface area contributed by atoms with Crippen molar-refractivity contribution in [2.24, 2.45) is 5.73 Å². The van der Waals surface area contributed by atoms with Crippen LogP contribution in [0.2, 0.25) is 0 Å². The highest BCUT2D eigenvalue weighted by molar-refractivity contribution is 5.78. The molecule has 0 saturated carbocycles. The van der Waals surface area contributed by atoms with Crippen LogP contribution in [0.15, 0.2) is 12.4 Å². The van der Waals surface area contributed by atoms with Crippen molar-refractivity contribution in [2.75, 3.05) is 25.1 Å². The molecule has 1 amide bonds. The zero-order valence-corrected chi connectivity index (χ0v) is 8.85. The van der Waals surface area contributed by atoms with E-state index in [1.807, 2.05) is 6.07 Å². The smallest absolute Gasteiger partial charge is 0.236 e. The number of amides is 1. The van der Waals surface area contributed by atoms with Gasteiger partial charge in [-0.25, -0.2) is 9.97 Å². The Kier molecular flexibility index (Phi) is 3.31. The fraction of sp³-hybridized carbons (Fsp3) is 0.500. The summed E-state index contributed by atoms with van der Waals surface area (Å²) in [4.78, 5) is 18.8. The van der Waals surface area contributed by atoms with Gasteiger partial charge in [-0.3, -0.25) is 4.79 Å². The maximum absolute atomic E-state index is 10.6. The number of primary amides is 1. The van der Waals surface area contributed by atoms with Crippen molar-refractivity contribution in [3.63, 3.8) is 0 Å². The first kappa shape index (κ1) is 10.8. The summed E-state index contributed by atoms with van der Waals surface area (Å²) < 4.78 is 5.29. The molecule has 86 valence electrons. The first-order valence-corrected chi connectivity index (χ1v) is 5.17. The second kappa shape index (κ2) is 4.89. The third-order valence-corrected chi connectivity index (χ3v) is 2.48. The standard InChI is InChI=1S/C10H14N4O2/c11-9(15)4-12-10-3-8(13-6-14-10)7-1-2-16-5-7/h3,6-7H,1-2,4-5H2,(H2,11,15)(H,12,13,14). The minimum absolute atomic E-state index is 0.0810. The number of hydrogen-bond donors (Lipinski definition) is 2. The maximum atomic E-state index is 10.6.